The number of rotatable bonds is 2. The number of hydrogen-bond acceptors (Lipinski definition) is 2. The minimum Gasteiger partial charge on any atom is -0.508 e. The summed E-state index contributed by atoms with van der Waals surface area (Å²) in [4.78, 5) is 2.74. The summed E-state index contributed by atoms with van der Waals surface area (Å²) in [7, 11) is 0. The zero-order valence-corrected chi connectivity index (χ0v) is 13.5. The molecule has 1 aromatic carbocycles. The molecule has 2 heteroatoms. The highest BCUT2D eigenvalue weighted by Gasteiger charge is 2.39. The molecule has 0 unspecified atom stereocenters. The Morgan fingerprint density at radius 3 is 2.62 bits per heavy atom. The zero-order chi connectivity index (χ0) is 14.9. The molecule has 3 rings (SSSR count). The van der Waals surface area contributed by atoms with Gasteiger partial charge in [0.1, 0.15) is 5.75 Å². The van der Waals surface area contributed by atoms with Crippen LogP contribution in [0.2, 0.25) is 0 Å². The number of aromatic hydroxyl groups is 1. The van der Waals surface area contributed by atoms with Gasteiger partial charge in [0.2, 0.25) is 0 Å². The van der Waals surface area contributed by atoms with Crippen LogP contribution in [0, 0.1) is 5.92 Å². The lowest BCUT2D eigenvalue weighted by molar-refractivity contribution is 0.0593. The smallest absolute Gasteiger partial charge is 0.115 e. The van der Waals surface area contributed by atoms with Crippen molar-refractivity contribution >= 4 is 0 Å². The Bertz CT molecular complexity index is 480. The van der Waals surface area contributed by atoms with E-state index in [0.717, 1.165) is 6.04 Å². The zero-order valence-electron chi connectivity index (χ0n) is 13.5. The molecule has 1 saturated carbocycles. The van der Waals surface area contributed by atoms with E-state index in [2.05, 4.69) is 24.8 Å². The summed E-state index contributed by atoms with van der Waals surface area (Å²) in [6, 6.07) is 8.74. The molecular weight excluding hydrogens is 258 g/mol. The Balaban J connectivity index is 1.72. The first kappa shape index (κ1) is 14.9. The highest BCUT2D eigenvalue weighted by molar-refractivity contribution is 5.33. The molecule has 0 bridgehead atoms. The minimum atomic E-state index is 0.198. The van der Waals surface area contributed by atoms with E-state index in [-0.39, 0.29) is 5.41 Å². The fourth-order valence-electron chi connectivity index (χ4n) is 4.33. The van der Waals surface area contributed by atoms with Crippen LogP contribution in [0.15, 0.2) is 24.3 Å². The van der Waals surface area contributed by atoms with Gasteiger partial charge in [0.05, 0.1) is 0 Å². The van der Waals surface area contributed by atoms with E-state index in [0.29, 0.717) is 11.7 Å². The maximum Gasteiger partial charge on any atom is 0.115 e. The van der Waals surface area contributed by atoms with Crippen LogP contribution in [-0.4, -0.2) is 29.1 Å². The van der Waals surface area contributed by atoms with Gasteiger partial charge >= 0.3 is 0 Å². The van der Waals surface area contributed by atoms with Crippen LogP contribution >= 0.6 is 0 Å². The van der Waals surface area contributed by atoms with Gasteiger partial charge in [-0.15, -0.1) is 0 Å². The number of nitrogens with zero attached hydrogens (tertiary/aromatic N) is 1. The van der Waals surface area contributed by atoms with E-state index in [1.165, 1.54) is 57.2 Å². The van der Waals surface area contributed by atoms with Gasteiger partial charge in [0.15, 0.2) is 0 Å². The second-order valence-electron chi connectivity index (χ2n) is 7.41. The minimum absolute atomic E-state index is 0.198. The number of likely N-dealkylation sites (tertiary alicyclic amines) is 1. The van der Waals surface area contributed by atoms with Crippen LogP contribution in [0.3, 0.4) is 0 Å². The Morgan fingerprint density at radius 2 is 1.95 bits per heavy atom. The monoisotopic (exact) mass is 287 g/mol. The Labute approximate surface area is 129 Å². The number of piperidine rings is 1. The lowest BCUT2D eigenvalue weighted by Crippen LogP contribution is -2.51. The second-order valence-corrected chi connectivity index (χ2v) is 7.41. The lowest BCUT2D eigenvalue weighted by atomic mass is 9.67. The van der Waals surface area contributed by atoms with Gasteiger partial charge in [-0.3, -0.25) is 0 Å². The molecule has 0 spiro atoms. The number of phenolic OH excluding ortho intramolecular Hbond substituents is 1. The van der Waals surface area contributed by atoms with Crippen molar-refractivity contribution in [2.45, 2.75) is 63.8 Å². The van der Waals surface area contributed by atoms with Crippen molar-refractivity contribution in [2.75, 3.05) is 13.1 Å². The molecule has 2 nitrogen and oxygen atoms in total. The fraction of sp³-hybridized carbons (Fsp3) is 0.684. The van der Waals surface area contributed by atoms with Crippen molar-refractivity contribution in [3.63, 3.8) is 0 Å². The predicted octanol–water partition coefficient (Wildman–Crippen LogP) is 4.32. The highest BCUT2D eigenvalue weighted by atomic mass is 16.3. The molecule has 21 heavy (non-hydrogen) atoms. The molecule has 1 saturated heterocycles. The molecule has 2 aliphatic rings. The topological polar surface area (TPSA) is 23.5 Å². The van der Waals surface area contributed by atoms with Crippen molar-refractivity contribution in [3.8, 4) is 5.75 Å². The maximum atomic E-state index is 9.79. The van der Waals surface area contributed by atoms with E-state index in [1.807, 2.05) is 12.1 Å². The number of benzene rings is 1. The summed E-state index contributed by atoms with van der Waals surface area (Å²) in [6.07, 6.45) is 8.26. The van der Waals surface area contributed by atoms with Crippen LogP contribution in [0.4, 0.5) is 0 Å². The number of phenols is 1. The Kier molecular flexibility index (Phi) is 4.26. The molecule has 2 atom stereocenters. The number of hydrogen-bond donors (Lipinski definition) is 1. The van der Waals surface area contributed by atoms with Crippen LogP contribution in [0.25, 0.3) is 0 Å². The highest BCUT2D eigenvalue weighted by Crippen LogP contribution is 2.41. The van der Waals surface area contributed by atoms with Crippen LogP contribution in [0.5, 0.6) is 5.75 Å². The van der Waals surface area contributed by atoms with E-state index in [1.54, 1.807) is 6.07 Å². The van der Waals surface area contributed by atoms with Crippen LogP contribution < -0.4 is 0 Å². The van der Waals surface area contributed by atoms with Gasteiger partial charge in [0.25, 0.3) is 0 Å². The van der Waals surface area contributed by atoms with Crippen LogP contribution in [-0.2, 0) is 5.41 Å². The van der Waals surface area contributed by atoms with Crippen molar-refractivity contribution in [1.82, 2.24) is 4.90 Å². The molecule has 1 aliphatic carbocycles. The summed E-state index contributed by atoms with van der Waals surface area (Å²) in [5.41, 5.74) is 1.50. The first-order chi connectivity index (χ1) is 10.1. The summed E-state index contributed by atoms with van der Waals surface area (Å²) >= 11 is 0. The summed E-state index contributed by atoms with van der Waals surface area (Å²) in [5, 5.41) is 9.79. The van der Waals surface area contributed by atoms with Crippen molar-refractivity contribution < 1.29 is 5.11 Å². The third-order valence-electron chi connectivity index (χ3n) is 6.11. The molecule has 1 heterocycles. The largest absolute Gasteiger partial charge is 0.508 e. The third-order valence-corrected chi connectivity index (χ3v) is 6.11. The molecule has 1 aromatic rings. The van der Waals surface area contributed by atoms with E-state index in [9.17, 15) is 5.11 Å². The predicted molar refractivity (Wildman–Crippen MR) is 87.7 cm³/mol. The Morgan fingerprint density at radius 1 is 1.19 bits per heavy atom. The van der Waals surface area contributed by atoms with Crippen molar-refractivity contribution in [3.05, 3.63) is 29.8 Å². The van der Waals surface area contributed by atoms with Gasteiger partial charge in [-0.05, 0) is 54.8 Å². The molecule has 1 aliphatic heterocycles. The molecule has 0 aromatic heterocycles. The molecule has 1 N–H and O–H groups in total. The first-order valence-corrected chi connectivity index (χ1v) is 8.63. The SMILES string of the molecule is C[C@H]1CN(C2CCCCC2)CC[C@@]1(C)c1cccc(O)c1. The summed E-state index contributed by atoms with van der Waals surface area (Å²) in [5.74, 6) is 1.03. The van der Waals surface area contributed by atoms with Gasteiger partial charge < -0.3 is 10.0 Å². The maximum absolute atomic E-state index is 9.79. The van der Waals surface area contributed by atoms with Gasteiger partial charge in [-0.2, -0.15) is 0 Å². The summed E-state index contributed by atoms with van der Waals surface area (Å²) < 4.78 is 0. The molecule has 116 valence electrons. The summed E-state index contributed by atoms with van der Waals surface area (Å²) in [6.45, 7) is 7.18. The van der Waals surface area contributed by atoms with E-state index < -0.39 is 0 Å². The molecular formula is C19H29NO. The molecule has 2 fully saturated rings. The quantitative estimate of drug-likeness (QED) is 0.875. The second kappa shape index (κ2) is 6.00. The van der Waals surface area contributed by atoms with Gasteiger partial charge in [-0.1, -0.05) is 45.2 Å². The van der Waals surface area contributed by atoms with Crippen molar-refractivity contribution in [1.29, 1.82) is 0 Å². The molecule has 0 radical (unpaired) electrons. The lowest BCUT2D eigenvalue weighted by Gasteiger charge is -2.48. The fourth-order valence-corrected chi connectivity index (χ4v) is 4.33. The normalized spacial score (nSPS) is 32.2. The third kappa shape index (κ3) is 2.96. The van der Waals surface area contributed by atoms with Gasteiger partial charge in [0, 0.05) is 12.6 Å². The van der Waals surface area contributed by atoms with Crippen LogP contribution in [0.1, 0.15) is 57.9 Å². The van der Waals surface area contributed by atoms with E-state index >= 15 is 0 Å². The van der Waals surface area contributed by atoms with Crippen molar-refractivity contribution in [2.24, 2.45) is 5.92 Å². The molecule has 0 amide bonds. The van der Waals surface area contributed by atoms with Gasteiger partial charge in [-0.25, -0.2) is 0 Å². The van der Waals surface area contributed by atoms with E-state index in [4.69, 9.17) is 0 Å². The average Bonchev–Trinajstić information content (AvgIpc) is 2.51. The first-order valence-electron chi connectivity index (χ1n) is 8.63. The average molecular weight is 287 g/mol. The Hall–Kier alpha value is -1.02. The standard InChI is InChI=1S/C19H29NO/c1-15-14-20(17-8-4-3-5-9-17)12-11-19(15,2)16-7-6-10-18(21)13-16/h6-7,10,13,15,17,21H,3-5,8-9,11-12,14H2,1-2H3/t15-,19+/m0/s1.